The quantitative estimate of drug-likeness (QED) is 0.457. The standard InChI is InChI=1S/C22H21FN2O2/c1-3-4-5-14-27-20-10-6-9-19(21(20)23)25(2)22(26)17-11-12-18-16(15-17)8-7-13-24-18/h3-4,6-13,15H,5,14H2,1-2H3. The van der Waals surface area contributed by atoms with Crippen molar-refractivity contribution in [2.75, 3.05) is 18.6 Å². The molecule has 0 saturated carbocycles. The number of aromatic nitrogens is 1. The van der Waals surface area contributed by atoms with Crippen molar-refractivity contribution in [3.05, 3.63) is 78.3 Å². The summed E-state index contributed by atoms with van der Waals surface area (Å²) in [6.45, 7) is 2.30. The molecule has 5 heteroatoms. The lowest BCUT2D eigenvalue weighted by molar-refractivity contribution is 0.0992. The van der Waals surface area contributed by atoms with E-state index in [4.69, 9.17) is 4.74 Å². The van der Waals surface area contributed by atoms with Crippen LogP contribution in [-0.4, -0.2) is 24.5 Å². The molecule has 138 valence electrons. The van der Waals surface area contributed by atoms with E-state index in [1.807, 2.05) is 31.2 Å². The van der Waals surface area contributed by atoms with Crippen LogP contribution in [0.2, 0.25) is 0 Å². The maximum atomic E-state index is 14.8. The zero-order chi connectivity index (χ0) is 19.2. The number of hydrogen-bond donors (Lipinski definition) is 0. The number of carbonyl (C=O) groups is 1. The Labute approximate surface area is 157 Å². The molecule has 0 aliphatic rings. The van der Waals surface area contributed by atoms with Crippen molar-refractivity contribution in [2.24, 2.45) is 0 Å². The second-order valence-corrected chi connectivity index (χ2v) is 6.07. The van der Waals surface area contributed by atoms with Gasteiger partial charge in [-0.25, -0.2) is 4.39 Å². The van der Waals surface area contributed by atoms with E-state index in [9.17, 15) is 9.18 Å². The van der Waals surface area contributed by atoms with Crippen LogP contribution < -0.4 is 9.64 Å². The number of ether oxygens (including phenoxy) is 1. The fourth-order valence-electron chi connectivity index (χ4n) is 2.79. The van der Waals surface area contributed by atoms with E-state index in [-0.39, 0.29) is 17.3 Å². The molecule has 0 unspecified atom stereocenters. The summed E-state index contributed by atoms with van der Waals surface area (Å²) in [5.74, 6) is -0.707. The van der Waals surface area contributed by atoms with Crippen LogP contribution in [0.4, 0.5) is 10.1 Å². The minimum Gasteiger partial charge on any atom is -0.490 e. The van der Waals surface area contributed by atoms with Gasteiger partial charge in [-0.2, -0.15) is 0 Å². The Morgan fingerprint density at radius 3 is 2.89 bits per heavy atom. The smallest absolute Gasteiger partial charge is 0.258 e. The molecule has 0 bridgehead atoms. The summed E-state index contributed by atoms with van der Waals surface area (Å²) in [5.41, 5.74) is 1.45. The molecule has 1 amide bonds. The summed E-state index contributed by atoms with van der Waals surface area (Å²) >= 11 is 0. The molecule has 0 fully saturated rings. The monoisotopic (exact) mass is 364 g/mol. The number of amides is 1. The fourth-order valence-corrected chi connectivity index (χ4v) is 2.79. The molecule has 0 radical (unpaired) electrons. The Morgan fingerprint density at radius 2 is 2.07 bits per heavy atom. The molecule has 27 heavy (non-hydrogen) atoms. The molecule has 0 atom stereocenters. The molecular weight excluding hydrogens is 343 g/mol. The average Bonchev–Trinajstić information content (AvgIpc) is 2.71. The number of hydrogen-bond acceptors (Lipinski definition) is 3. The second-order valence-electron chi connectivity index (χ2n) is 6.07. The van der Waals surface area contributed by atoms with E-state index in [0.717, 1.165) is 10.9 Å². The summed E-state index contributed by atoms with van der Waals surface area (Å²) in [4.78, 5) is 18.4. The predicted molar refractivity (Wildman–Crippen MR) is 106 cm³/mol. The number of anilines is 1. The average molecular weight is 364 g/mol. The SMILES string of the molecule is CC=CCCOc1cccc(N(C)C(=O)c2ccc3ncccc3c2)c1F. The Kier molecular flexibility index (Phi) is 5.81. The maximum absolute atomic E-state index is 14.8. The zero-order valence-electron chi connectivity index (χ0n) is 15.4. The first-order valence-corrected chi connectivity index (χ1v) is 8.77. The largest absolute Gasteiger partial charge is 0.490 e. The third-order valence-electron chi connectivity index (χ3n) is 4.24. The van der Waals surface area contributed by atoms with Crippen molar-refractivity contribution in [1.82, 2.24) is 4.98 Å². The Bertz CT molecular complexity index is 985. The summed E-state index contributed by atoms with van der Waals surface area (Å²) in [6, 6.07) is 13.8. The van der Waals surface area contributed by atoms with Gasteiger partial charge in [0.05, 0.1) is 17.8 Å². The van der Waals surface area contributed by atoms with Crippen LogP contribution in [-0.2, 0) is 0 Å². The van der Waals surface area contributed by atoms with Gasteiger partial charge in [-0.1, -0.05) is 24.3 Å². The number of nitrogens with zero attached hydrogens (tertiary/aromatic N) is 2. The van der Waals surface area contributed by atoms with E-state index < -0.39 is 5.82 Å². The number of rotatable bonds is 6. The lowest BCUT2D eigenvalue weighted by Gasteiger charge is -2.19. The number of halogens is 1. The molecular formula is C22H21FN2O2. The van der Waals surface area contributed by atoms with E-state index in [1.54, 1.807) is 49.6 Å². The van der Waals surface area contributed by atoms with E-state index >= 15 is 0 Å². The lowest BCUT2D eigenvalue weighted by atomic mass is 10.1. The van der Waals surface area contributed by atoms with Crippen molar-refractivity contribution < 1.29 is 13.9 Å². The van der Waals surface area contributed by atoms with Gasteiger partial charge in [-0.3, -0.25) is 9.78 Å². The molecule has 0 saturated heterocycles. The van der Waals surface area contributed by atoms with Crippen LogP contribution in [0.1, 0.15) is 23.7 Å². The first kappa shape index (κ1) is 18.6. The van der Waals surface area contributed by atoms with E-state index in [1.165, 1.54) is 4.90 Å². The van der Waals surface area contributed by atoms with Gasteiger partial charge in [-0.05, 0) is 49.7 Å². The van der Waals surface area contributed by atoms with Gasteiger partial charge in [0.15, 0.2) is 11.6 Å². The van der Waals surface area contributed by atoms with Crippen molar-refractivity contribution in [3.8, 4) is 5.75 Å². The highest BCUT2D eigenvalue weighted by Gasteiger charge is 2.19. The first-order valence-electron chi connectivity index (χ1n) is 8.77. The number of pyridine rings is 1. The third-order valence-corrected chi connectivity index (χ3v) is 4.24. The van der Waals surface area contributed by atoms with Gasteiger partial charge >= 0.3 is 0 Å². The Hall–Kier alpha value is -3.21. The van der Waals surface area contributed by atoms with Crippen molar-refractivity contribution in [2.45, 2.75) is 13.3 Å². The highest BCUT2D eigenvalue weighted by Crippen LogP contribution is 2.28. The molecule has 3 rings (SSSR count). The second kappa shape index (κ2) is 8.45. The predicted octanol–water partition coefficient (Wildman–Crippen LogP) is 5.00. The van der Waals surface area contributed by atoms with Crippen LogP contribution in [0.15, 0.2) is 66.9 Å². The van der Waals surface area contributed by atoms with Gasteiger partial charge in [0.25, 0.3) is 5.91 Å². The van der Waals surface area contributed by atoms with Gasteiger partial charge in [0.1, 0.15) is 0 Å². The number of benzene rings is 2. The normalized spacial score (nSPS) is 11.1. The van der Waals surface area contributed by atoms with E-state index in [0.29, 0.717) is 18.6 Å². The van der Waals surface area contributed by atoms with Crippen LogP contribution >= 0.6 is 0 Å². The van der Waals surface area contributed by atoms with Crippen LogP contribution in [0, 0.1) is 5.82 Å². The summed E-state index contributed by atoms with van der Waals surface area (Å²) in [5, 5.41) is 0.860. The Morgan fingerprint density at radius 1 is 1.22 bits per heavy atom. The highest BCUT2D eigenvalue weighted by molar-refractivity contribution is 6.07. The van der Waals surface area contributed by atoms with Crippen LogP contribution in [0.3, 0.4) is 0 Å². The molecule has 0 aliphatic carbocycles. The summed E-state index contributed by atoms with van der Waals surface area (Å²) in [7, 11) is 1.55. The summed E-state index contributed by atoms with van der Waals surface area (Å²) < 4.78 is 20.3. The van der Waals surface area contributed by atoms with Crippen molar-refractivity contribution in [1.29, 1.82) is 0 Å². The number of carbonyl (C=O) groups excluding carboxylic acids is 1. The van der Waals surface area contributed by atoms with Crippen LogP contribution in [0.5, 0.6) is 5.75 Å². The minimum absolute atomic E-state index is 0.138. The van der Waals surface area contributed by atoms with Gasteiger partial charge < -0.3 is 9.64 Å². The minimum atomic E-state index is -0.545. The number of fused-ring (bicyclic) bond motifs is 1. The van der Waals surface area contributed by atoms with Crippen molar-refractivity contribution in [3.63, 3.8) is 0 Å². The Balaban J connectivity index is 1.83. The lowest BCUT2D eigenvalue weighted by Crippen LogP contribution is -2.27. The first-order chi connectivity index (χ1) is 13.1. The van der Waals surface area contributed by atoms with Gasteiger partial charge in [0.2, 0.25) is 0 Å². The van der Waals surface area contributed by atoms with Crippen molar-refractivity contribution >= 4 is 22.5 Å². The fraction of sp³-hybridized carbons (Fsp3) is 0.182. The maximum Gasteiger partial charge on any atom is 0.258 e. The number of allylic oxidation sites excluding steroid dienone is 1. The van der Waals surface area contributed by atoms with Crippen LogP contribution in [0.25, 0.3) is 10.9 Å². The van der Waals surface area contributed by atoms with Gasteiger partial charge in [-0.15, -0.1) is 0 Å². The zero-order valence-corrected chi connectivity index (χ0v) is 15.4. The topological polar surface area (TPSA) is 42.4 Å². The highest BCUT2D eigenvalue weighted by atomic mass is 19.1. The van der Waals surface area contributed by atoms with Gasteiger partial charge in [0, 0.05) is 24.2 Å². The molecule has 3 aromatic rings. The third kappa shape index (κ3) is 4.14. The molecule has 4 nitrogen and oxygen atoms in total. The molecule has 0 spiro atoms. The molecule has 0 N–H and O–H groups in total. The summed E-state index contributed by atoms with van der Waals surface area (Å²) in [6.07, 6.45) is 6.26. The molecule has 0 aliphatic heterocycles. The van der Waals surface area contributed by atoms with E-state index in [2.05, 4.69) is 4.98 Å². The molecule has 1 aromatic heterocycles. The molecule has 1 heterocycles. The molecule has 2 aromatic carbocycles.